The molecule has 0 bridgehead atoms. The first-order chi connectivity index (χ1) is 9.17. The molecule has 0 aliphatic carbocycles. The van der Waals surface area contributed by atoms with E-state index < -0.39 is 0 Å². The molecule has 2 rings (SSSR count). The highest BCUT2D eigenvalue weighted by molar-refractivity contribution is 5.39. The van der Waals surface area contributed by atoms with Crippen molar-refractivity contribution in [1.29, 1.82) is 0 Å². The first-order valence-electron chi connectivity index (χ1n) is 6.53. The van der Waals surface area contributed by atoms with Crippen molar-refractivity contribution in [3.63, 3.8) is 0 Å². The van der Waals surface area contributed by atoms with Gasteiger partial charge in [-0.05, 0) is 42.8 Å². The van der Waals surface area contributed by atoms with Crippen molar-refractivity contribution in [2.45, 2.75) is 19.9 Å². The van der Waals surface area contributed by atoms with Crippen LogP contribution in [0.3, 0.4) is 0 Å². The molecule has 1 aromatic carbocycles. The van der Waals surface area contributed by atoms with E-state index in [4.69, 9.17) is 4.74 Å². The Bertz CT molecular complexity index is 548. The average Bonchev–Trinajstić information content (AvgIpc) is 2.82. The van der Waals surface area contributed by atoms with Crippen LogP contribution in [0.1, 0.15) is 29.8 Å². The molecule has 1 unspecified atom stereocenters. The molecule has 0 aliphatic rings. The molecule has 1 atom stereocenters. The molecule has 0 radical (unpaired) electrons. The van der Waals surface area contributed by atoms with Crippen molar-refractivity contribution in [3.05, 3.63) is 47.3 Å². The minimum atomic E-state index is 0.156. The van der Waals surface area contributed by atoms with E-state index in [-0.39, 0.29) is 6.04 Å². The van der Waals surface area contributed by atoms with Gasteiger partial charge in [0.05, 0.1) is 18.8 Å². The maximum atomic E-state index is 5.27. The lowest BCUT2D eigenvalue weighted by atomic mass is 9.98. The van der Waals surface area contributed by atoms with Crippen LogP contribution in [0.2, 0.25) is 0 Å². The highest BCUT2D eigenvalue weighted by Gasteiger charge is 2.18. The number of aromatic nitrogens is 2. The minimum absolute atomic E-state index is 0.156. The largest absolute Gasteiger partial charge is 0.497 e. The van der Waals surface area contributed by atoms with Crippen LogP contribution in [0, 0.1) is 6.92 Å². The van der Waals surface area contributed by atoms with Crippen molar-refractivity contribution < 1.29 is 4.74 Å². The Labute approximate surface area is 114 Å². The summed E-state index contributed by atoms with van der Waals surface area (Å²) in [5.74, 6) is 0.890. The van der Waals surface area contributed by atoms with Gasteiger partial charge in [0.1, 0.15) is 5.75 Å². The molecule has 0 aliphatic heterocycles. The smallest absolute Gasteiger partial charge is 0.119 e. The van der Waals surface area contributed by atoms with E-state index in [1.807, 2.05) is 24.0 Å². The van der Waals surface area contributed by atoms with Gasteiger partial charge >= 0.3 is 0 Å². The summed E-state index contributed by atoms with van der Waals surface area (Å²) in [5.41, 5.74) is 3.63. The van der Waals surface area contributed by atoms with Gasteiger partial charge < -0.3 is 10.1 Å². The Morgan fingerprint density at radius 2 is 2.16 bits per heavy atom. The van der Waals surface area contributed by atoms with E-state index in [1.54, 1.807) is 7.11 Å². The second-order valence-electron chi connectivity index (χ2n) is 4.59. The summed E-state index contributed by atoms with van der Waals surface area (Å²) in [5, 5.41) is 7.78. The van der Waals surface area contributed by atoms with Gasteiger partial charge in [-0.25, -0.2) is 0 Å². The maximum Gasteiger partial charge on any atom is 0.119 e. The lowest BCUT2D eigenvalue weighted by molar-refractivity contribution is 0.414. The topological polar surface area (TPSA) is 39.1 Å². The van der Waals surface area contributed by atoms with Crippen LogP contribution in [0.5, 0.6) is 5.75 Å². The molecule has 2 aromatic rings. The zero-order valence-corrected chi connectivity index (χ0v) is 12.0. The molecule has 102 valence electrons. The molecule has 0 amide bonds. The van der Waals surface area contributed by atoms with Crippen molar-refractivity contribution in [3.8, 4) is 5.75 Å². The maximum absolute atomic E-state index is 5.27. The Morgan fingerprint density at radius 1 is 1.37 bits per heavy atom. The third-order valence-corrected chi connectivity index (χ3v) is 3.35. The first-order valence-corrected chi connectivity index (χ1v) is 6.53. The third kappa shape index (κ3) is 2.79. The van der Waals surface area contributed by atoms with Crippen LogP contribution in [-0.2, 0) is 7.05 Å². The Morgan fingerprint density at radius 3 is 2.68 bits per heavy atom. The zero-order valence-electron chi connectivity index (χ0n) is 12.0. The average molecular weight is 259 g/mol. The van der Waals surface area contributed by atoms with E-state index in [9.17, 15) is 0 Å². The quantitative estimate of drug-likeness (QED) is 0.896. The van der Waals surface area contributed by atoms with Crippen LogP contribution >= 0.6 is 0 Å². The van der Waals surface area contributed by atoms with Gasteiger partial charge in [0.25, 0.3) is 0 Å². The van der Waals surface area contributed by atoms with Gasteiger partial charge in [0.2, 0.25) is 0 Å². The van der Waals surface area contributed by atoms with Crippen molar-refractivity contribution in [2.75, 3.05) is 13.7 Å². The molecule has 0 saturated heterocycles. The molecule has 4 heteroatoms. The Kier molecular flexibility index (Phi) is 4.22. The van der Waals surface area contributed by atoms with Crippen molar-refractivity contribution >= 4 is 0 Å². The molecule has 0 spiro atoms. The number of hydrogen-bond acceptors (Lipinski definition) is 3. The fraction of sp³-hybridized carbons (Fsp3) is 0.400. The van der Waals surface area contributed by atoms with E-state index in [1.165, 1.54) is 11.1 Å². The normalized spacial score (nSPS) is 12.4. The lowest BCUT2D eigenvalue weighted by Crippen LogP contribution is -2.25. The second kappa shape index (κ2) is 5.89. The summed E-state index contributed by atoms with van der Waals surface area (Å²) < 4.78 is 7.18. The highest BCUT2D eigenvalue weighted by Crippen LogP contribution is 2.27. The van der Waals surface area contributed by atoms with Crippen LogP contribution < -0.4 is 10.1 Å². The fourth-order valence-corrected chi connectivity index (χ4v) is 2.34. The van der Waals surface area contributed by atoms with Gasteiger partial charge in [-0.1, -0.05) is 13.0 Å². The number of ether oxygens (including phenoxy) is 1. The van der Waals surface area contributed by atoms with Crippen LogP contribution in [0.25, 0.3) is 0 Å². The van der Waals surface area contributed by atoms with Crippen molar-refractivity contribution in [1.82, 2.24) is 15.1 Å². The molecule has 4 nitrogen and oxygen atoms in total. The molecular weight excluding hydrogens is 238 g/mol. The molecule has 0 saturated carbocycles. The number of rotatable bonds is 5. The van der Waals surface area contributed by atoms with Gasteiger partial charge in [0, 0.05) is 13.2 Å². The van der Waals surface area contributed by atoms with Crippen LogP contribution in [0.4, 0.5) is 0 Å². The van der Waals surface area contributed by atoms with Gasteiger partial charge in [-0.2, -0.15) is 5.10 Å². The summed E-state index contributed by atoms with van der Waals surface area (Å²) in [4.78, 5) is 0. The lowest BCUT2D eigenvalue weighted by Gasteiger charge is -2.21. The molecular formula is C15H21N3O. The Hall–Kier alpha value is -1.81. The fourth-order valence-electron chi connectivity index (χ4n) is 2.34. The highest BCUT2D eigenvalue weighted by atomic mass is 16.5. The first kappa shape index (κ1) is 13.6. The molecule has 1 heterocycles. The standard InChI is InChI=1S/C15H21N3O/c1-5-16-15(14-8-9-17-18(14)3)13-7-6-12(19-4)10-11(13)2/h6-10,15-16H,5H2,1-4H3. The number of benzene rings is 1. The third-order valence-electron chi connectivity index (χ3n) is 3.35. The van der Waals surface area contributed by atoms with Gasteiger partial charge in [-0.15, -0.1) is 0 Å². The minimum Gasteiger partial charge on any atom is -0.497 e. The van der Waals surface area contributed by atoms with E-state index in [0.717, 1.165) is 18.0 Å². The van der Waals surface area contributed by atoms with E-state index in [0.29, 0.717) is 0 Å². The summed E-state index contributed by atoms with van der Waals surface area (Å²) >= 11 is 0. The summed E-state index contributed by atoms with van der Waals surface area (Å²) in [6.45, 7) is 5.13. The SMILES string of the molecule is CCNC(c1ccc(OC)cc1C)c1ccnn1C. The van der Waals surface area contributed by atoms with Crippen LogP contribution in [0.15, 0.2) is 30.5 Å². The van der Waals surface area contributed by atoms with E-state index in [2.05, 4.69) is 42.5 Å². The second-order valence-corrected chi connectivity index (χ2v) is 4.59. The molecule has 1 aromatic heterocycles. The zero-order chi connectivity index (χ0) is 13.8. The molecule has 0 fully saturated rings. The van der Waals surface area contributed by atoms with Gasteiger partial charge in [-0.3, -0.25) is 4.68 Å². The summed E-state index contributed by atoms with van der Waals surface area (Å²) in [6.07, 6.45) is 1.83. The predicted octanol–water partition coefficient (Wildman–Crippen LogP) is 2.44. The summed E-state index contributed by atoms with van der Waals surface area (Å²) in [7, 11) is 3.66. The van der Waals surface area contributed by atoms with Gasteiger partial charge in [0.15, 0.2) is 0 Å². The number of methoxy groups -OCH3 is 1. The number of nitrogens with zero attached hydrogens (tertiary/aromatic N) is 2. The van der Waals surface area contributed by atoms with Crippen molar-refractivity contribution in [2.24, 2.45) is 7.05 Å². The Balaban J connectivity index is 2.42. The van der Waals surface area contributed by atoms with E-state index >= 15 is 0 Å². The number of nitrogens with one attached hydrogen (secondary N) is 1. The summed E-state index contributed by atoms with van der Waals surface area (Å²) in [6, 6.07) is 8.40. The monoisotopic (exact) mass is 259 g/mol. The molecule has 1 N–H and O–H groups in total. The predicted molar refractivity (Wildman–Crippen MR) is 76.5 cm³/mol. The molecule has 19 heavy (non-hydrogen) atoms. The number of hydrogen-bond donors (Lipinski definition) is 1. The number of aryl methyl sites for hydroxylation is 2. The van der Waals surface area contributed by atoms with Crippen LogP contribution in [-0.4, -0.2) is 23.4 Å².